The van der Waals surface area contributed by atoms with Gasteiger partial charge >= 0.3 is 40.2 Å². The zero-order valence-corrected chi connectivity index (χ0v) is 25.7. The van der Waals surface area contributed by atoms with E-state index in [0.717, 1.165) is 41.5 Å². The molecule has 0 aromatic heterocycles. The summed E-state index contributed by atoms with van der Waals surface area (Å²) in [7, 11) is -5.11. The predicted molar refractivity (Wildman–Crippen MR) is 138 cm³/mol. The first-order valence-electron chi connectivity index (χ1n) is 13.1. The maximum atomic E-state index is 12.2. The summed E-state index contributed by atoms with van der Waals surface area (Å²) in [6.45, 7) is 4.00. The number of rotatable bonds is 12. The summed E-state index contributed by atoms with van der Waals surface area (Å²) in [5, 5.41) is 12.6. The summed E-state index contributed by atoms with van der Waals surface area (Å²) in [5.74, 6) is -5.48. The molecule has 3 N–H and O–H groups in total. The predicted octanol–water partition coefficient (Wildman–Crippen LogP) is -2.57. The second-order valence-electron chi connectivity index (χ2n) is 9.71. The van der Waals surface area contributed by atoms with E-state index >= 15 is 0 Å². The first kappa shape index (κ1) is 37.7. The van der Waals surface area contributed by atoms with Crippen molar-refractivity contribution in [3.63, 3.8) is 0 Å². The third-order valence-electron chi connectivity index (χ3n) is 5.95. The zero-order valence-electron chi connectivity index (χ0n) is 24.9. The van der Waals surface area contributed by atoms with Gasteiger partial charge in [-0.05, 0) is 0 Å². The number of carbonyl (C=O) groups excluding carboxylic acids is 6. The minimum atomic E-state index is -5.11. The molecule has 20 nitrogen and oxygen atoms in total. The quantitative estimate of drug-likeness (QED) is 0.109. The van der Waals surface area contributed by atoms with Crippen LogP contribution in [0.4, 0.5) is 0 Å². The average Bonchev–Trinajstić information content (AvgIpc) is 2.87. The molecule has 21 heteroatoms. The average molecular weight is 674 g/mol. The molecule has 0 bridgehead atoms. The molecule has 2 saturated heterocycles. The van der Waals surface area contributed by atoms with Crippen molar-refractivity contribution in [2.45, 2.75) is 103 Å². The highest BCUT2D eigenvalue weighted by atomic mass is 32.3. The molecule has 256 valence electrons. The Kier molecular flexibility index (Phi) is 13.6. The van der Waals surface area contributed by atoms with Crippen molar-refractivity contribution in [3.8, 4) is 0 Å². The fourth-order valence-electron chi connectivity index (χ4n) is 4.61. The van der Waals surface area contributed by atoms with Crippen LogP contribution in [-0.2, 0) is 81.2 Å². The van der Waals surface area contributed by atoms with E-state index in [-0.39, 0.29) is 0 Å². The molecule has 0 aliphatic carbocycles. The van der Waals surface area contributed by atoms with E-state index in [1.54, 1.807) is 0 Å². The van der Waals surface area contributed by atoms with Crippen LogP contribution in [0, 0.1) is 0 Å². The Bertz CT molecular complexity index is 1220. The lowest BCUT2D eigenvalue weighted by Gasteiger charge is -2.48. The van der Waals surface area contributed by atoms with Gasteiger partial charge < -0.3 is 48.3 Å². The largest absolute Gasteiger partial charge is 0.457 e. The smallest absolute Gasteiger partial charge is 0.397 e. The number of nitrogens with one attached hydrogen (secondary N) is 1. The zero-order chi connectivity index (χ0) is 34.2. The molecule has 0 saturated carbocycles. The Morgan fingerprint density at radius 1 is 0.644 bits per heavy atom. The van der Waals surface area contributed by atoms with Gasteiger partial charge in [-0.1, -0.05) is 0 Å². The van der Waals surface area contributed by atoms with Crippen molar-refractivity contribution in [1.82, 2.24) is 5.32 Å². The molecular formula is C24H35NO19S. The molecule has 1 unspecified atom stereocenters. The van der Waals surface area contributed by atoms with E-state index in [1.165, 1.54) is 0 Å². The number of hydrogen-bond donors (Lipinski definition) is 3. The molecule has 45 heavy (non-hydrogen) atoms. The fraction of sp³-hybridized carbons (Fsp3) is 0.750. The summed E-state index contributed by atoms with van der Waals surface area (Å²) >= 11 is 0. The molecule has 10 atom stereocenters. The molecule has 0 spiro atoms. The monoisotopic (exact) mass is 673 g/mol. The molecule has 0 radical (unpaired) electrons. The molecule has 2 fully saturated rings. The third kappa shape index (κ3) is 11.4. The second kappa shape index (κ2) is 16.2. The third-order valence-corrected chi connectivity index (χ3v) is 6.38. The highest BCUT2D eigenvalue weighted by Gasteiger charge is 2.57. The Morgan fingerprint density at radius 2 is 1.11 bits per heavy atom. The lowest BCUT2D eigenvalue weighted by atomic mass is 9.94. The van der Waals surface area contributed by atoms with E-state index in [4.69, 9.17) is 42.4 Å². The maximum Gasteiger partial charge on any atom is 0.397 e. The van der Waals surface area contributed by atoms with Crippen LogP contribution in [0.15, 0.2) is 0 Å². The van der Waals surface area contributed by atoms with Gasteiger partial charge in [-0.25, -0.2) is 4.18 Å². The highest BCUT2D eigenvalue weighted by Crippen LogP contribution is 2.34. The Labute approximate surface area is 256 Å². The van der Waals surface area contributed by atoms with Crippen molar-refractivity contribution in [3.05, 3.63) is 0 Å². The first-order valence-corrected chi connectivity index (χ1v) is 14.5. The lowest BCUT2D eigenvalue weighted by Crippen LogP contribution is -2.69. The van der Waals surface area contributed by atoms with E-state index in [1.807, 2.05) is 0 Å². The molecule has 1 amide bonds. The second-order valence-corrected chi connectivity index (χ2v) is 10.8. The van der Waals surface area contributed by atoms with Gasteiger partial charge in [0.2, 0.25) is 12.2 Å². The Balaban J connectivity index is 2.68. The molecule has 0 aromatic rings. The summed E-state index contributed by atoms with van der Waals surface area (Å²) in [5.41, 5.74) is 0. The standard InChI is InChI=1S/C24H35NO19S/c1-9(27)25-17-20(38-11(3)29)18(15(7-26)42-23(17)41-14(6)32)44-24-22(40-13(5)31)21(39-12(4)30)19(37-10(2)28)16(43-24)8-36-45(33,34)35/h15-24,26H,7-8H2,1-6H3,(H,25,27)(H,33,34,35)/t15-,16-,17-,18-,19+,20-,21+,22?,23-,24+/m1/s1. The number of aliphatic hydroxyl groups excluding tert-OH is 1. The number of hydrogen-bond acceptors (Lipinski definition) is 18. The van der Waals surface area contributed by atoms with Crippen LogP contribution in [0.25, 0.3) is 0 Å². The van der Waals surface area contributed by atoms with E-state index in [0.29, 0.717) is 0 Å². The van der Waals surface area contributed by atoms with Gasteiger partial charge in [0.15, 0.2) is 30.7 Å². The summed E-state index contributed by atoms with van der Waals surface area (Å²) in [6, 6.07) is -1.46. The number of ether oxygens (including phenoxy) is 8. The van der Waals surface area contributed by atoms with Crippen LogP contribution in [0.2, 0.25) is 0 Å². The minimum absolute atomic E-state index is 0.702. The normalized spacial score (nSPS) is 31.6. The van der Waals surface area contributed by atoms with Crippen molar-refractivity contribution in [1.29, 1.82) is 0 Å². The van der Waals surface area contributed by atoms with Gasteiger partial charge in [-0.15, -0.1) is 0 Å². The number of esters is 5. The van der Waals surface area contributed by atoms with Crippen LogP contribution >= 0.6 is 0 Å². The van der Waals surface area contributed by atoms with Crippen LogP contribution in [0.3, 0.4) is 0 Å². The fourth-order valence-corrected chi connectivity index (χ4v) is 4.91. The van der Waals surface area contributed by atoms with Gasteiger partial charge in [0.1, 0.15) is 24.4 Å². The van der Waals surface area contributed by atoms with Crippen LogP contribution in [-0.4, -0.2) is 128 Å². The Hall–Kier alpha value is -3.47. The van der Waals surface area contributed by atoms with Crippen molar-refractivity contribution in [2.24, 2.45) is 0 Å². The van der Waals surface area contributed by atoms with Gasteiger partial charge in [0, 0.05) is 41.5 Å². The topological polar surface area (TPSA) is 272 Å². The summed E-state index contributed by atoms with van der Waals surface area (Å²) in [6.07, 6.45) is -15.4. The summed E-state index contributed by atoms with van der Waals surface area (Å²) in [4.78, 5) is 72.2. The van der Waals surface area contributed by atoms with Gasteiger partial charge in [0.25, 0.3) is 0 Å². The number of amides is 1. The van der Waals surface area contributed by atoms with Crippen LogP contribution in [0.1, 0.15) is 41.5 Å². The van der Waals surface area contributed by atoms with Crippen LogP contribution in [0.5, 0.6) is 0 Å². The minimum Gasteiger partial charge on any atom is -0.457 e. The summed E-state index contributed by atoms with van der Waals surface area (Å²) < 4.78 is 79.9. The van der Waals surface area contributed by atoms with E-state index < -0.39 is 121 Å². The van der Waals surface area contributed by atoms with Gasteiger partial charge in [-0.2, -0.15) is 8.42 Å². The van der Waals surface area contributed by atoms with Gasteiger partial charge in [-0.3, -0.25) is 33.3 Å². The van der Waals surface area contributed by atoms with Crippen LogP contribution < -0.4 is 5.32 Å². The molecule has 2 aliphatic rings. The highest BCUT2D eigenvalue weighted by molar-refractivity contribution is 7.80. The van der Waals surface area contributed by atoms with Crippen molar-refractivity contribution >= 4 is 46.2 Å². The molecule has 2 rings (SSSR count). The first-order chi connectivity index (χ1) is 20.8. The Morgan fingerprint density at radius 3 is 1.58 bits per heavy atom. The van der Waals surface area contributed by atoms with Crippen molar-refractivity contribution in [2.75, 3.05) is 13.2 Å². The van der Waals surface area contributed by atoms with Gasteiger partial charge in [0.05, 0.1) is 13.2 Å². The number of carbonyl (C=O) groups is 6. The molecular weight excluding hydrogens is 638 g/mol. The molecule has 0 aromatic carbocycles. The van der Waals surface area contributed by atoms with E-state index in [9.17, 15) is 42.3 Å². The SMILES string of the molecule is CC(=O)N[C@H]1[C@H](OC(C)=O)O[C@H](CO)[C@@H](O[C@@H]2O[C@H](COS(=O)(=O)O)[C@H](OC(C)=O)[C@H](OC(C)=O)C2OC(C)=O)[C@@H]1OC(C)=O. The number of aliphatic hydroxyl groups is 1. The molecule has 2 aliphatic heterocycles. The molecule has 2 heterocycles. The van der Waals surface area contributed by atoms with Crippen molar-refractivity contribution < 1.29 is 88.9 Å². The van der Waals surface area contributed by atoms with E-state index in [2.05, 4.69) is 9.50 Å². The lowest BCUT2D eigenvalue weighted by molar-refractivity contribution is -0.347. The maximum absolute atomic E-state index is 12.2.